The van der Waals surface area contributed by atoms with Gasteiger partial charge in [-0.05, 0) is 13.0 Å². The molecule has 0 aliphatic rings. The van der Waals surface area contributed by atoms with E-state index in [0.717, 1.165) is 6.07 Å². The topological polar surface area (TPSA) is 48.9 Å². The fraction of sp³-hybridized carbons (Fsp3) is 0.250. The van der Waals surface area contributed by atoms with E-state index in [4.69, 9.17) is 5.11 Å². The average Bonchev–Trinajstić information content (AvgIpc) is 2.69. The number of benzene rings is 1. The zero-order valence-electron chi connectivity index (χ0n) is 9.54. The largest absolute Gasteiger partial charge is 0.417 e. The smallest absolute Gasteiger partial charge is 0.388 e. The normalized spacial score (nSPS) is 11.8. The minimum absolute atomic E-state index is 0.0125. The molecule has 2 N–H and O–H groups in total. The third kappa shape index (κ3) is 2.24. The number of imidazole rings is 1. The van der Waals surface area contributed by atoms with Gasteiger partial charge in [0.25, 0.3) is 0 Å². The Labute approximate surface area is 101 Å². The highest BCUT2D eigenvalue weighted by Gasteiger charge is 2.34. The van der Waals surface area contributed by atoms with Crippen molar-refractivity contribution in [2.24, 2.45) is 0 Å². The van der Waals surface area contributed by atoms with Crippen LogP contribution in [0.5, 0.6) is 0 Å². The third-order valence-corrected chi connectivity index (χ3v) is 2.57. The number of aromatic nitrogens is 2. The van der Waals surface area contributed by atoms with E-state index < -0.39 is 11.7 Å². The second-order valence-electron chi connectivity index (χ2n) is 3.86. The van der Waals surface area contributed by atoms with Crippen molar-refractivity contribution in [2.75, 3.05) is 0 Å². The Morgan fingerprint density at radius 2 is 1.94 bits per heavy atom. The molecular weight excluding hydrogens is 245 g/mol. The van der Waals surface area contributed by atoms with Crippen molar-refractivity contribution in [2.45, 2.75) is 19.7 Å². The van der Waals surface area contributed by atoms with Gasteiger partial charge in [-0.2, -0.15) is 13.2 Å². The average molecular weight is 256 g/mol. The summed E-state index contributed by atoms with van der Waals surface area (Å²) in [6.07, 6.45) is -4.43. The fourth-order valence-corrected chi connectivity index (χ4v) is 1.80. The first-order chi connectivity index (χ1) is 8.43. The summed E-state index contributed by atoms with van der Waals surface area (Å²) in [5.41, 5.74) is -0.00901. The van der Waals surface area contributed by atoms with Gasteiger partial charge in [-0.3, -0.25) is 0 Å². The molecule has 0 unspecified atom stereocenters. The van der Waals surface area contributed by atoms with Crippen LogP contribution in [0.3, 0.4) is 0 Å². The van der Waals surface area contributed by atoms with Crippen molar-refractivity contribution in [1.82, 2.24) is 9.97 Å². The maximum absolute atomic E-state index is 12.9. The van der Waals surface area contributed by atoms with E-state index in [1.54, 1.807) is 6.92 Å². The highest BCUT2D eigenvalue weighted by atomic mass is 19.4. The van der Waals surface area contributed by atoms with Gasteiger partial charge in [0, 0.05) is 11.3 Å². The second-order valence-corrected chi connectivity index (χ2v) is 3.86. The molecule has 18 heavy (non-hydrogen) atoms. The third-order valence-electron chi connectivity index (χ3n) is 2.57. The molecule has 6 heteroatoms. The number of alkyl halides is 3. The number of nitrogens with one attached hydrogen (secondary N) is 1. The molecular formula is C12H11F3N2O. The van der Waals surface area contributed by atoms with Crippen LogP contribution in [0.25, 0.3) is 11.3 Å². The molecule has 0 bridgehead atoms. The Morgan fingerprint density at radius 1 is 1.28 bits per heavy atom. The van der Waals surface area contributed by atoms with Crippen LogP contribution in [0.1, 0.15) is 17.1 Å². The lowest BCUT2D eigenvalue weighted by Crippen LogP contribution is -2.07. The lowest BCUT2D eigenvalue weighted by Gasteiger charge is -2.11. The van der Waals surface area contributed by atoms with Gasteiger partial charge in [-0.1, -0.05) is 18.2 Å². The molecule has 3 nitrogen and oxygen atoms in total. The van der Waals surface area contributed by atoms with Crippen LogP contribution in [0.2, 0.25) is 0 Å². The number of H-pyrrole nitrogens is 1. The van der Waals surface area contributed by atoms with Crippen LogP contribution >= 0.6 is 0 Å². The van der Waals surface area contributed by atoms with Gasteiger partial charge in [0.1, 0.15) is 12.4 Å². The molecule has 0 radical (unpaired) electrons. The summed E-state index contributed by atoms with van der Waals surface area (Å²) in [5, 5.41) is 8.94. The SMILES string of the molecule is Cc1[nH]c(CO)nc1-c1ccccc1C(F)(F)F. The first-order valence-electron chi connectivity index (χ1n) is 5.26. The first-order valence-corrected chi connectivity index (χ1v) is 5.26. The molecule has 0 spiro atoms. The van der Waals surface area contributed by atoms with E-state index in [-0.39, 0.29) is 23.7 Å². The summed E-state index contributed by atoms with van der Waals surface area (Å²) in [6.45, 7) is 1.28. The highest BCUT2D eigenvalue weighted by Crippen LogP contribution is 2.37. The lowest BCUT2D eigenvalue weighted by molar-refractivity contribution is -0.137. The molecule has 1 aromatic heterocycles. The molecule has 0 aliphatic heterocycles. The van der Waals surface area contributed by atoms with Crippen LogP contribution in [0.4, 0.5) is 13.2 Å². The molecule has 0 saturated carbocycles. The van der Waals surface area contributed by atoms with Crippen molar-refractivity contribution in [3.05, 3.63) is 41.3 Å². The molecule has 0 atom stereocenters. The molecule has 0 aliphatic carbocycles. The monoisotopic (exact) mass is 256 g/mol. The first kappa shape index (κ1) is 12.6. The van der Waals surface area contributed by atoms with Gasteiger partial charge in [0.05, 0.1) is 11.3 Å². The van der Waals surface area contributed by atoms with Gasteiger partial charge in [-0.25, -0.2) is 4.98 Å². The predicted octanol–water partition coefficient (Wildman–Crippen LogP) is 2.90. The van der Waals surface area contributed by atoms with Crippen LogP contribution < -0.4 is 0 Å². The van der Waals surface area contributed by atoms with Crippen LogP contribution in [-0.4, -0.2) is 15.1 Å². The minimum atomic E-state index is -4.43. The maximum atomic E-state index is 12.9. The van der Waals surface area contributed by atoms with Crippen LogP contribution in [0, 0.1) is 6.92 Å². The fourth-order valence-electron chi connectivity index (χ4n) is 1.80. The zero-order valence-corrected chi connectivity index (χ0v) is 9.54. The molecule has 0 fully saturated rings. The summed E-state index contributed by atoms with van der Waals surface area (Å²) >= 11 is 0. The van der Waals surface area contributed by atoms with Gasteiger partial charge < -0.3 is 10.1 Å². The number of halogens is 3. The summed E-state index contributed by atoms with van der Waals surface area (Å²) < 4.78 is 38.6. The van der Waals surface area contributed by atoms with Crippen molar-refractivity contribution in [1.29, 1.82) is 0 Å². The number of hydrogen-bond acceptors (Lipinski definition) is 2. The summed E-state index contributed by atoms with van der Waals surface area (Å²) in [4.78, 5) is 6.71. The Hall–Kier alpha value is -1.82. The van der Waals surface area contributed by atoms with Gasteiger partial charge >= 0.3 is 6.18 Å². The van der Waals surface area contributed by atoms with E-state index in [2.05, 4.69) is 9.97 Å². The molecule has 2 aromatic rings. The molecule has 1 heterocycles. The van der Waals surface area contributed by atoms with Gasteiger partial charge in [0.15, 0.2) is 0 Å². The maximum Gasteiger partial charge on any atom is 0.417 e. The predicted molar refractivity (Wildman–Crippen MR) is 59.7 cm³/mol. The second kappa shape index (κ2) is 4.45. The number of nitrogens with zero attached hydrogens (tertiary/aromatic N) is 1. The minimum Gasteiger partial charge on any atom is -0.388 e. The molecule has 0 amide bonds. The summed E-state index contributed by atoms with van der Waals surface area (Å²) in [6, 6.07) is 5.24. The Bertz CT molecular complexity index is 561. The van der Waals surface area contributed by atoms with Gasteiger partial charge in [-0.15, -0.1) is 0 Å². The summed E-state index contributed by atoms with van der Waals surface area (Å²) in [7, 11) is 0. The van der Waals surface area contributed by atoms with Crippen molar-refractivity contribution >= 4 is 0 Å². The number of aliphatic hydroxyl groups excluding tert-OH is 1. The quantitative estimate of drug-likeness (QED) is 0.868. The van der Waals surface area contributed by atoms with Crippen LogP contribution in [-0.2, 0) is 12.8 Å². The van der Waals surface area contributed by atoms with E-state index in [1.165, 1.54) is 18.2 Å². The molecule has 2 rings (SSSR count). The number of rotatable bonds is 2. The number of aliphatic hydroxyl groups is 1. The Morgan fingerprint density at radius 3 is 2.50 bits per heavy atom. The Balaban J connectivity index is 2.60. The van der Waals surface area contributed by atoms with Crippen molar-refractivity contribution in [3.63, 3.8) is 0 Å². The Kier molecular flexibility index (Phi) is 3.13. The molecule has 0 saturated heterocycles. The van der Waals surface area contributed by atoms with E-state index >= 15 is 0 Å². The van der Waals surface area contributed by atoms with Gasteiger partial charge in [0.2, 0.25) is 0 Å². The van der Waals surface area contributed by atoms with Crippen molar-refractivity contribution in [3.8, 4) is 11.3 Å². The summed E-state index contributed by atoms with van der Waals surface area (Å²) in [5.74, 6) is 0.250. The van der Waals surface area contributed by atoms with E-state index in [9.17, 15) is 13.2 Å². The molecule has 96 valence electrons. The number of aryl methyl sites for hydroxylation is 1. The van der Waals surface area contributed by atoms with Crippen LogP contribution in [0.15, 0.2) is 24.3 Å². The number of hydrogen-bond donors (Lipinski definition) is 2. The van der Waals surface area contributed by atoms with E-state index in [0.29, 0.717) is 5.69 Å². The standard InChI is InChI=1S/C12H11F3N2O/c1-7-11(17-10(6-18)16-7)8-4-2-3-5-9(8)12(13,14)15/h2-5,18H,6H2,1H3,(H,16,17). The number of aromatic amines is 1. The zero-order chi connectivity index (χ0) is 13.3. The van der Waals surface area contributed by atoms with Crippen molar-refractivity contribution < 1.29 is 18.3 Å². The molecule has 1 aromatic carbocycles. The van der Waals surface area contributed by atoms with E-state index in [1.807, 2.05) is 0 Å². The lowest BCUT2D eigenvalue weighted by atomic mass is 10.0. The highest BCUT2D eigenvalue weighted by molar-refractivity contribution is 5.66.